The van der Waals surface area contributed by atoms with Gasteiger partial charge in [-0.2, -0.15) is 0 Å². The zero-order valence-electron chi connectivity index (χ0n) is 14.4. The summed E-state index contributed by atoms with van der Waals surface area (Å²) in [6.45, 7) is 4.46. The summed E-state index contributed by atoms with van der Waals surface area (Å²) in [6, 6.07) is 8.39. The topological polar surface area (TPSA) is 98.0 Å². The molecule has 0 amide bonds. The van der Waals surface area contributed by atoms with Gasteiger partial charge in [0, 0.05) is 27.7 Å². The third-order valence-corrected chi connectivity index (χ3v) is 6.64. The Morgan fingerprint density at radius 1 is 1.27 bits per heavy atom. The normalized spacial score (nSPS) is 15.2. The summed E-state index contributed by atoms with van der Waals surface area (Å²) < 4.78 is 23.0. The number of benzene rings is 1. The minimum Gasteiger partial charge on any atom is -0.324 e. The van der Waals surface area contributed by atoms with Crippen LogP contribution < -0.4 is 10.5 Å². The molecule has 0 atom stereocenters. The fourth-order valence-corrected chi connectivity index (χ4v) is 4.87. The fourth-order valence-electron chi connectivity index (χ4n) is 3.29. The lowest BCUT2D eigenvalue weighted by atomic mass is 9.77. The van der Waals surface area contributed by atoms with Crippen LogP contribution in [0.3, 0.4) is 0 Å². The molecule has 3 N–H and O–H groups in total. The summed E-state index contributed by atoms with van der Waals surface area (Å²) in [5.74, 6) is 0.423. The van der Waals surface area contributed by atoms with E-state index in [2.05, 4.69) is 40.6 Å². The van der Waals surface area contributed by atoms with Crippen LogP contribution in [0.5, 0.6) is 0 Å². The highest BCUT2D eigenvalue weighted by molar-refractivity contribution is 7.89. The van der Waals surface area contributed by atoms with Gasteiger partial charge in [0.1, 0.15) is 0 Å². The highest BCUT2D eigenvalue weighted by atomic mass is 32.2. The maximum Gasteiger partial charge on any atom is 0.238 e. The van der Waals surface area contributed by atoms with Crippen LogP contribution in [0, 0.1) is 0 Å². The number of nitrogens with one attached hydrogen (secondary N) is 1. The highest BCUT2D eigenvalue weighted by Gasteiger charge is 2.33. The number of primary sulfonamides is 1. The molecule has 0 saturated heterocycles. The number of hydrogen-bond donors (Lipinski definition) is 2. The number of fused-ring (bicyclic) bond motifs is 3. The first kappa shape index (κ1) is 17.1. The summed E-state index contributed by atoms with van der Waals surface area (Å²) in [5, 5.41) is 10.4. The maximum atomic E-state index is 11.5. The number of rotatable bonds is 3. The lowest BCUT2D eigenvalue weighted by Crippen LogP contribution is -2.24. The third kappa shape index (κ3) is 3.00. The van der Waals surface area contributed by atoms with Crippen LogP contribution in [0.15, 0.2) is 46.8 Å². The van der Waals surface area contributed by atoms with Gasteiger partial charge in [0.2, 0.25) is 16.0 Å². The van der Waals surface area contributed by atoms with Crippen LogP contribution in [0.4, 0.5) is 11.6 Å². The summed E-state index contributed by atoms with van der Waals surface area (Å²) in [5.41, 5.74) is 3.83. The molecule has 3 aromatic rings. The lowest BCUT2D eigenvalue weighted by Gasteiger charge is -2.30. The summed E-state index contributed by atoms with van der Waals surface area (Å²) in [4.78, 5) is 10.5. The molecule has 4 rings (SSSR count). The number of anilines is 2. The molecule has 0 fully saturated rings. The first-order chi connectivity index (χ1) is 12.2. The molecule has 0 saturated carbocycles. The largest absolute Gasteiger partial charge is 0.324 e. The molecule has 1 aliphatic carbocycles. The molecule has 0 aliphatic heterocycles. The quantitative estimate of drug-likeness (QED) is 0.719. The van der Waals surface area contributed by atoms with Gasteiger partial charge in [0.25, 0.3) is 0 Å². The smallest absolute Gasteiger partial charge is 0.238 e. The van der Waals surface area contributed by atoms with Crippen LogP contribution in [0.25, 0.3) is 11.3 Å². The molecule has 2 heterocycles. The predicted octanol–water partition coefficient (Wildman–Crippen LogP) is 3.43. The highest BCUT2D eigenvalue weighted by Crippen LogP contribution is 2.45. The lowest BCUT2D eigenvalue weighted by molar-refractivity contribution is 0.526. The molecule has 0 radical (unpaired) electrons. The number of nitrogens with zero attached hydrogens (tertiary/aromatic N) is 2. The van der Waals surface area contributed by atoms with Gasteiger partial charge >= 0.3 is 0 Å². The molecule has 1 aromatic carbocycles. The van der Waals surface area contributed by atoms with Crippen molar-refractivity contribution in [3.8, 4) is 11.3 Å². The molecule has 0 bridgehead atoms. The van der Waals surface area contributed by atoms with E-state index in [-0.39, 0.29) is 10.3 Å². The van der Waals surface area contributed by atoms with Crippen molar-refractivity contribution in [2.45, 2.75) is 30.6 Å². The molecule has 134 valence electrons. The first-order valence-electron chi connectivity index (χ1n) is 8.08. The molecular weight excluding hydrogens is 368 g/mol. The second-order valence-electron chi connectivity index (χ2n) is 6.99. The van der Waals surface area contributed by atoms with Crippen LogP contribution in [-0.4, -0.2) is 18.4 Å². The third-order valence-electron chi connectivity index (χ3n) is 4.45. The Hall–Kier alpha value is -2.29. The number of aromatic nitrogens is 2. The van der Waals surface area contributed by atoms with Crippen molar-refractivity contribution < 1.29 is 8.42 Å². The van der Waals surface area contributed by atoms with E-state index >= 15 is 0 Å². The van der Waals surface area contributed by atoms with Crippen LogP contribution in [-0.2, 0) is 21.9 Å². The van der Waals surface area contributed by atoms with E-state index in [1.165, 1.54) is 17.0 Å². The number of sulfonamides is 1. The van der Waals surface area contributed by atoms with E-state index in [0.717, 1.165) is 23.2 Å². The van der Waals surface area contributed by atoms with Gasteiger partial charge in [-0.05, 0) is 41.6 Å². The Kier molecular flexibility index (Phi) is 3.87. The molecule has 0 unspecified atom stereocenters. The molecular formula is C18H18N4O2S2. The molecule has 1 aliphatic rings. The second-order valence-corrected chi connectivity index (χ2v) is 9.47. The van der Waals surface area contributed by atoms with Crippen molar-refractivity contribution in [1.82, 2.24) is 9.97 Å². The van der Waals surface area contributed by atoms with Gasteiger partial charge in [-0.15, -0.1) is 11.3 Å². The molecule has 6 nitrogen and oxygen atoms in total. The van der Waals surface area contributed by atoms with Crippen LogP contribution in [0.1, 0.15) is 24.3 Å². The van der Waals surface area contributed by atoms with Gasteiger partial charge in [-0.25, -0.2) is 23.5 Å². The van der Waals surface area contributed by atoms with Gasteiger partial charge in [-0.3, -0.25) is 0 Å². The molecule has 0 spiro atoms. The van der Waals surface area contributed by atoms with Crippen molar-refractivity contribution in [2.24, 2.45) is 5.14 Å². The Labute approximate surface area is 156 Å². The van der Waals surface area contributed by atoms with Crippen molar-refractivity contribution >= 4 is 33.0 Å². The van der Waals surface area contributed by atoms with Crippen molar-refractivity contribution in [1.29, 1.82) is 0 Å². The number of hydrogen-bond acceptors (Lipinski definition) is 6. The standard InChI is InChI=1S/C18H18N4O2S2/c1-18(2)9-11-10-20-17(22-15(11)14-6-7-25-16(14)18)21-12-4-3-5-13(8-12)26(19,23)24/h3-8,10H,9H2,1-2H3,(H2,19,23,24)(H,20,21,22). The SMILES string of the molecule is CC1(C)Cc2cnc(Nc3cccc(S(N)(=O)=O)c3)nc2-c2ccsc21. The molecule has 2 aromatic heterocycles. The summed E-state index contributed by atoms with van der Waals surface area (Å²) in [7, 11) is -3.76. The molecule has 8 heteroatoms. The van der Waals surface area contributed by atoms with Crippen LogP contribution >= 0.6 is 11.3 Å². The average Bonchev–Trinajstić information content (AvgIpc) is 3.06. The maximum absolute atomic E-state index is 11.5. The van der Waals surface area contributed by atoms with Crippen molar-refractivity contribution in [3.05, 3.63) is 52.3 Å². The van der Waals surface area contributed by atoms with E-state index < -0.39 is 10.0 Å². The van der Waals surface area contributed by atoms with E-state index in [1.807, 2.05) is 6.20 Å². The zero-order valence-corrected chi connectivity index (χ0v) is 16.0. The second kappa shape index (κ2) is 5.87. The average molecular weight is 387 g/mol. The fraction of sp³-hybridized carbons (Fsp3) is 0.222. The first-order valence-corrected chi connectivity index (χ1v) is 10.5. The summed E-state index contributed by atoms with van der Waals surface area (Å²) >= 11 is 1.75. The monoisotopic (exact) mass is 386 g/mol. The van der Waals surface area contributed by atoms with E-state index in [0.29, 0.717) is 11.6 Å². The molecule has 26 heavy (non-hydrogen) atoms. The van der Waals surface area contributed by atoms with Gasteiger partial charge in [0.05, 0.1) is 10.6 Å². The van der Waals surface area contributed by atoms with Crippen LogP contribution in [0.2, 0.25) is 0 Å². The van der Waals surface area contributed by atoms with Gasteiger partial charge in [0.15, 0.2) is 0 Å². The van der Waals surface area contributed by atoms with E-state index in [4.69, 9.17) is 5.14 Å². The van der Waals surface area contributed by atoms with Gasteiger partial charge < -0.3 is 5.32 Å². The minimum atomic E-state index is -3.76. The zero-order chi connectivity index (χ0) is 18.5. The Morgan fingerprint density at radius 3 is 2.85 bits per heavy atom. The van der Waals surface area contributed by atoms with E-state index in [9.17, 15) is 8.42 Å². The van der Waals surface area contributed by atoms with Gasteiger partial charge in [-0.1, -0.05) is 19.9 Å². The van der Waals surface area contributed by atoms with Crippen molar-refractivity contribution in [3.63, 3.8) is 0 Å². The Morgan fingerprint density at radius 2 is 2.08 bits per heavy atom. The predicted molar refractivity (Wildman–Crippen MR) is 103 cm³/mol. The Balaban J connectivity index is 1.71. The Bertz CT molecular complexity index is 1100. The van der Waals surface area contributed by atoms with E-state index in [1.54, 1.807) is 23.5 Å². The van der Waals surface area contributed by atoms with Crippen molar-refractivity contribution in [2.75, 3.05) is 5.32 Å². The summed E-state index contributed by atoms with van der Waals surface area (Å²) in [6.07, 6.45) is 2.73. The number of thiophene rings is 1. The number of nitrogens with two attached hydrogens (primary N) is 1. The minimum absolute atomic E-state index is 0.0438.